The third-order valence-electron chi connectivity index (χ3n) is 3.36. The number of fused-ring (bicyclic) bond motifs is 1. The molecule has 2 aromatic rings. The molecular formula is C15H16N2O4S. The first-order chi connectivity index (χ1) is 10.7. The van der Waals surface area contributed by atoms with Crippen molar-refractivity contribution in [2.45, 2.75) is 13.0 Å². The van der Waals surface area contributed by atoms with E-state index in [0.29, 0.717) is 35.4 Å². The number of hydrogen-bond donors (Lipinski definition) is 1. The minimum absolute atomic E-state index is 0.275. The van der Waals surface area contributed by atoms with Crippen LogP contribution in [0.4, 0.5) is 5.13 Å². The van der Waals surface area contributed by atoms with Crippen molar-refractivity contribution in [3.63, 3.8) is 0 Å². The molecule has 3 rings (SSSR count). The summed E-state index contributed by atoms with van der Waals surface area (Å²) in [6.07, 6.45) is 0.782. The normalized spacial score (nSPS) is 13.4. The number of anilines is 1. The zero-order valence-corrected chi connectivity index (χ0v) is 13.2. The molecule has 0 atom stereocenters. The van der Waals surface area contributed by atoms with Crippen molar-refractivity contribution in [1.82, 2.24) is 4.98 Å². The summed E-state index contributed by atoms with van der Waals surface area (Å²) >= 11 is 1.44. The topological polar surface area (TPSA) is 69.7 Å². The maximum absolute atomic E-state index is 12.5. The van der Waals surface area contributed by atoms with Crippen LogP contribution in [0.5, 0.6) is 11.5 Å². The number of nitrogens with zero attached hydrogens (tertiary/aromatic N) is 1. The van der Waals surface area contributed by atoms with Crippen molar-refractivity contribution in [2.75, 3.05) is 26.1 Å². The number of thiazole rings is 1. The molecule has 1 N–H and O–H groups in total. The fraction of sp³-hybridized carbons (Fsp3) is 0.333. The predicted molar refractivity (Wildman–Crippen MR) is 83.0 cm³/mol. The zero-order chi connectivity index (χ0) is 15.5. The number of carbonyl (C=O) groups is 1. The van der Waals surface area contributed by atoms with Gasteiger partial charge in [0.1, 0.15) is 0 Å². The smallest absolute Gasteiger partial charge is 0.261 e. The molecule has 7 heteroatoms. The van der Waals surface area contributed by atoms with Crippen molar-refractivity contribution in [1.29, 1.82) is 0 Å². The number of rotatable bonds is 4. The van der Waals surface area contributed by atoms with Gasteiger partial charge in [-0.25, -0.2) is 4.98 Å². The lowest BCUT2D eigenvalue weighted by molar-refractivity contribution is 0.102. The first kappa shape index (κ1) is 14.8. The highest BCUT2D eigenvalue weighted by Crippen LogP contribution is 2.32. The average molecular weight is 320 g/mol. The second-order valence-electron chi connectivity index (χ2n) is 4.69. The minimum Gasteiger partial charge on any atom is -0.493 e. The van der Waals surface area contributed by atoms with Crippen LogP contribution in [0, 0.1) is 0 Å². The van der Waals surface area contributed by atoms with Crippen LogP contribution < -0.4 is 14.8 Å². The van der Waals surface area contributed by atoms with Crippen LogP contribution in [0.25, 0.3) is 0 Å². The number of hydrogen-bond acceptors (Lipinski definition) is 6. The van der Waals surface area contributed by atoms with Crippen molar-refractivity contribution >= 4 is 22.4 Å². The quantitative estimate of drug-likeness (QED) is 0.937. The summed E-state index contributed by atoms with van der Waals surface area (Å²) in [5.74, 6) is 0.650. The molecule has 0 radical (unpaired) electrons. The van der Waals surface area contributed by atoms with Crippen LogP contribution in [-0.4, -0.2) is 31.7 Å². The van der Waals surface area contributed by atoms with E-state index in [1.54, 1.807) is 18.2 Å². The van der Waals surface area contributed by atoms with Gasteiger partial charge in [0.15, 0.2) is 16.6 Å². The molecule has 6 nitrogen and oxygen atoms in total. The highest BCUT2D eigenvalue weighted by atomic mass is 32.1. The summed E-state index contributed by atoms with van der Waals surface area (Å²) in [7, 11) is 3.04. The summed E-state index contributed by atoms with van der Waals surface area (Å²) in [5, 5.41) is 3.39. The Bertz CT molecular complexity index is 675. The number of amides is 1. The summed E-state index contributed by atoms with van der Waals surface area (Å²) in [5.41, 5.74) is 1.41. The first-order valence-corrected chi connectivity index (χ1v) is 7.63. The Balaban J connectivity index is 1.84. The monoisotopic (exact) mass is 320 g/mol. The molecule has 1 aromatic heterocycles. The molecule has 116 valence electrons. The van der Waals surface area contributed by atoms with Crippen molar-refractivity contribution in [2.24, 2.45) is 0 Å². The molecular weight excluding hydrogens is 304 g/mol. The van der Waals surface area contributed by atoms with Crippen LogP contribution in [-0.2, 0) is 17.8 Å². The minimum atomic E-state index is -0.275. The molecule has 0 bridgehead atoms. The third-order valence-corrected chi connectivity index (χ3v) is 4.35. The molecule has 22 heavy (non-hydrogen) atoms. The van der Waals surface area contributed by atoms with Gasteiger partial charge in [-0.2, -0.15) is 0 Å². The lowest BCUT2D eigenvalue weighted by atomic mass is 10.1. The highest BCUT2D eigenvalue weighted by Gasteiger charge is 2.20. The lowest BCUT2D eigenvalue weighted by Crippen LogP contribution is -2.13. The van der Waals surface area contributed by atoms with Gasteiger partial charge in [-0.1, -0.05) is 17.4 Å². The van der Waals surface area contributed by atoms with Gasteiger partial charge in [0.25, 0.3) is 5.91 Å². The molecule has 1 aliphatic rings. The van der Waals surface area contributed by atoms with E-state index in [2.05, 4.69) is 10.3 Å². The Kier molecular flexibility index (Phi) is 4.26. The second kappa shape index (κ2) is 6.33. The van der Waals surface area contributed by atoms with Gasteiger partial charge in [-0.05, 0) is 12.1 Å². The predicted octanol–water partition coefficient (Wildman–Crippen LogP) is 2.49. The van der Waals surface area contributed by atoms with Crippen LogP contribution in [0.15, 0.2) is 18.2 Å². The first-order valence-electron chi connectivity index (χ1n) is 6.81. The summed E-state index contributed by atoms with van der Waals surface area (Å²) in [4.78, 5) is 18.0. The van der Waals surface area contributed by atoms with E-state index in [-0.39, 0.29) is 5.91 Å². The van der Waals surface area contributed by atoms with Gasteiger partial charge in [0, 0.05) is 6.42 Å². The van der Waals surface area contributed by atoms with E-state index in [9.17, 15) is 4.79 Å². The highest BCUT2D eigenvalue weighted by molar-refractivity contribution is 7.15. The van der Waals surface area contributed by atoms with E-state index in [4.69, 9.17) is 14.2 Å². The third kappa shape index (κ3) is 2.77. The Morgan fingerprint density at radius 2 is 2.23 bits per heavy atom. The van der Waals surface area contributed by atoms with Crippen LogP contribution in [0.3, 0.4) is 0 Å². The fourth-order valence-corrected chi connectivity index (χ4v) is 3.25. The van der Waals surface area contributed by atoms with E-state index < -0.39 is 0 Å². The Labute approximate surface area is 132 Å². The largest absolute Gasteiger partial charge is 0.493 e. The average Bonchev–Trinajstić information content (AvgIpc) is 2.95. The number of nitrogens with one attached hydrogen (secondary N) is 1. The lowest BCUT2D eigenvalue weighted by Gasteiger charge is -2.11. The van der Waals surface area contributed by atoms with E-state index in [1.807, 2.05) is 0 Å². The van der Waals surface area contributed by atoms with E-state index in [0.717, 1.165) is 17.0 Å². The Hall–Kier alpha value is -2.12. The summed E-state index contributed by atoms with van der Waals surface area (Å²) in [6.45, 7) is 1.24. The maximum Gasteiger partial charge on any atom is 0.261 e. The van der Waals surface area contributed by atoms with Crippen molar-refractivity contribution in [3.05, 3.63) is 34.3 Å². The second-order valence-corrected chi connectivity index (χ2v) is 5.77. The standard InChI is InChI=1S/C15H16N2O4S/c1-19-11-5-3-4-9(13(11)20-2)14(18)17-15-16-10-6-7-21-8-12(10)22-15/h3-5H,6-8H2,1-2H3,(H,16,17,18). The van der Waals surface area contributed by atoms with Crippen molar-refractivity contribution in [3.8, 4) is 11.5 Å². The summed E-state index contributed by atoms with van der Waals surface area (Å²) < 4.78 is 15.9. The molecule has 2 heterocycles. The van der Waals surface area contributed by atoms with Gasteiger partial charge in [-0.15, -0.1) is 0 Å². The number of aromatic nitrogens is 1. The van der Waals surface area contributed by atoms with E-state index in [1.165, 1.54) is 25.6 Å². The maximum atomic E-state index is 12.5. The number of methoxy groups -OCH3 is 2. The molecule has 1 amide bonds. The molecule has 0 saturated heterocycles. The molecule has 1 aromatic carbocycles. The van der Waals surface area contributed by atoms with Crippen molar-refractivity contribution < 1.29 is 19.0 Å². The SMILES string of the molecule is COc1cccc(C(=O)Nc2nc3c(s2)COCC3)c1OC. The van der Waals surface area contributed by atoms with Gasteiger partial charge in [0.05, 0.1) is 43.6 Å². The number of para-hydroxylation sites is 1. The van der Waals surface area contributed by atoms with Gasteiger partial charge in [-0.3, -0.25) is 10.1 Å². The van der Waals surface area contributed by atoms with Gasteiger partial charge >= 0.3 is 0 Å². The van der Waals surface area contributed by atoms with Gasteiger partial charge < -0.3 is 14.2 Å². The molecule has 0 unspecified atom stereocenters. The molecule has 0 spiro atoms. The number of ether oxygens (including phenoxy) is 3. The molecule has 0 saturated carbocycles. The van der Waals surface area contributed by atoms with E-state index >= 15 is 0 Å². The van der Waals surface area contributed by atoms with Crippen LogP contribution in [0.2, 0.25) is 0 Å². The Morgan fingerprint density at radius 3 is 2.95 bits per heavy atom. The zero-order valence-electron chi connectivity index (χ0n) is 12.3. The Morgan fingerprint density at radius 1 is 1.36 bits per heavy atom. The molecule has 1 aliphatic heterocycles. The van der Waals surface area contributed by atoms with Crippen LogP contribution in [0.1, 0.15) is 20.9 Å². The van der Waals surface area contributed by atoms with Gasteiger partial charge in [0.2, 0.25) is 0 Å². The number of carbonyl (C=O) groups excluding carboxylic acids is 1. The number of benzene rings is 1. The molecule has 0 aliphatic carbocycles. The fourth-order valence-electron chi connectivity index (χ4n) is 2.31. The van der Waals surface area contributed by atoms with Crippen LogP contribution >= 0.6 is 11.3 Å². The molecule has 0 fully saturated rings. The summed E-state index contributed by atoms with van der Waals surface area (Å²) in [6, 6.07) is 5.18.